The third kappa shape index (κ3) is 4.33. The van der Waals surface area contributed by atoms with E-state index in [0.29, 0.717) is 21.3 Å². The Morgan fingerprint density at radius 2 is 1.87 bits per heavy atom. The first-order valence-electron chi connectivity index (χ1n) is 9.42. The van der Waals surface area contributed by atoms with Gasteiger partial charge in [-0.25, -0.2) is 24.1 Å². The molecule has 10 heteroatoms. The van der Waals surface area contributed by atoms with Crippen molar-refractivity contribution in [1.82, 2.24) is 19.9 Å². The van der Waals surface area contributed by atoms with Gasteiger partial charge < -0.3 is 10.8 Å². The Kier molecular flexibility index (Phi) is 5.94. The molecular formula is C21H23ClFN5O2S. The van der Waals surface area contributed by atoms with Gasteiger partial charge in [-0.15, -0.1) is 11.3 Å². The Labute approximate surface area is 188 Å². The zero-order chi connectivity index (χ0) is 23.1. The van der Waals surface area contributed by atoms with Crippen LogP contribution >= 0.6 is 22.9 Å². The lowest BCUT2D eigenvalue weighted by molar-refractivity contribution is 0.0313. The third-order valence-electron chi connectivity index (χ3n) is 4.71. The van der Waals surface area contributed by atoms with Gasteiger partial charge in [-0.2, -0.15) is 0 Å². The molecule has 0 unspecified atom stereocenters. The maximum absolute atomic E-state index is 14.9. The normalized spacial score (nSPS) is 12.1. The Balaban J connectivity index is 2.29. The Morgan fingerprint density at radius 3 is 2.45 bits per heavy atom. The first-order chi connectivity index (χ1) is 14.3. The average Bonchev–Trinajstić information content (AvgIpc) is 3.08. The first kappa shape index (κ1) is 22.9. The molecule has 0 fully saturated rings. The highest BCUT2D eigenvalue weighted by Gasteiger charge is 2.42. The number of halogens is 2. The highest BCUT2D eigenvalue weighted by atomic mass is 35.5. The van der Waals surface area contributed by atoms with Gasteiger partial charge in [0.05, 0.1) is 27.5 Å². The maximum Gasteiger partial charge on any atom is 0.408 e. The minimum absolute atomic E-state index is 0.0140. The van der Waals surface area contributed by atoms with Gasteiger partial charge in [0, 0.05) is 17.3 Å². The molecule has 31 heavy (non-hydrogen) atoms. The van der Waals surface area contributed by atoms with E-state index in [1.165, 1.54) is 28.5 Å². The minimum Gasteiger partial charge on any atom is -0.465 e. The van der Waals surface area contributed by atoms with Gasteiger partial charge in [0.15, 0.2) is 5.82 Å². The van der Waals surface area contributed by atoms with Crippen LogP contribution in [-0.4, -0.2) is 36.6 Å². The van der Waals surface area contributed by atoms with E-state index in [-0.39, 0.29) is 16.5 Å². The number of nitrogens with zero attached hydrogens (tertiary/aromatic N) is 4. The molecule has 0 aliphatic rings. The van der Waals surface area contributed by atoms with Crippen molar-refractivity contribution in [3.63, 3.8) is 0 Å². The second kappa shape index (κ2) is 8.05. The summed E-state index contributed by atoms with van der Waals surface area (Å²) in [4.78, 5) is 26.8. The van der Waals surface area contributed by atoms with Crippen LogP contribution < -0.4 is 5.73 Å². The Hall–Kier alpha value is -2.78. The second-order valence-corrected chi connectivity index (χ2v) is 9.80. The minimum atomic E-state index is -1.09. The maximum atomic E-state index is 14.9. The number of carboxylic acid groups (broad SMARTS) is 1. The summed E-state index contributed by atoms with van der Waals surface area (Å²) < 4.78 is 14.9. The summed E-state index contributed by atoms with van der Waals surface area (Å²) in [5.74, 6) is -0.607. The van der Waals surface area contributed by atoms with E-state index in [9.17, 15) is 14.3 Å². The van der Waals surface area contributed by atoms with E-state index in [1.54, 1.807) is 52.8 Å². The molecule has 2 heterocycles. The molecule has 3 N–H and O–H groups in total. The molecule has 0 bridgehead atoms. The third-order valence-corrected chi connectivity index (χ3v) is 6.29. The molecule has 3 rings (SSSR count). The Morgan fingerprint density at radius 1 is 1.19 bits per heavy atom. The number of rotatable bonds is 4. The van der Waals surface area contributed by atoms with Gasteiger partial charge >= 0.3 is 6.09 Å². The van der Waals surface area contributed by atoms with Crippen LogP contribution in [0.15, 0.2) is 30.5 Å². The van der Waals surface area contributed by atoms with E-state index >= 15 is 0 Å². The van der Waals surface area contributed by atoms with Gasteiger partial charge in [0.25, 0.3) is 0 Å². The fraction of sp³-hybridized carbons (Fsp3) is 0.333. The van der Waals surface area contributed by atoms with Gasteiger partial charge in [-0.3, -0.25) is 4.90 Å². The van der Waals surface area contributed by atoms with Crippen LogP contribution in [0.1, 0.15) is 39.6 Å². The number of nitrogens with two attached hydrogens (primary N) is 1. The van der Waals surface area contributed by atoms with E-state index in [0.717, 1.165) is 0 Å². The van der Waals surface area contributed by atoms with E-state index in [4.69, 9.17) is 22.3 Å². The molecule has 0 saturated heterocycles. The van der Waals surface area contributed by atoms with Crippen molar-refractivity contribution in [2.24, 2.45) is 0 Å². The van der Waals surface area contributed by atoms with Gasteiger partial charge in [0.2, 0.25) is 5.28 Å². The van der Waals surface area contributed by atoms with Crippen LogP contribution in [0.3, 0.4) is 0 Å². The highest BCUT2D eigenvalue weighted by Crippen LogP contribution is 2.44. The lowest BCUT2D eigenvalue weighted by Gasteiger charge is -2.44. The predicted octanol–water partition coefficient (Wildman–Crippen LogP) is 5.66. The molecule has 0 saturated carbocycles. The topological polar surface area (TPSA) is 105 Å². The van der Waals surface area contributed by atoms with Crippen molar-refractivity contribution in [3.05, 3.63) is 46.6 Å². The van der Waals surface area contributed by atoms with Crippen LogP contribution in [0.4, 0.5) is 14.9 Å². The number of anilines is 1. The van der Waals surface area contributed by atoms with Crippen molar-refractivity contribution in [3.8, 4) is 21.8 Å². The van der Waals surface area contributed by atoms with Gasteiger partial charge in [-0.1, -0.05) is 6.07 Å². The smallest absolute Gasteiger partial charge is 0.408 e. The van der Waals surface area contributed by atoms with Crippen molar-refractivity contribution < 1.29 is 14.3 Å². The molecule has 0 spiro atoms. The molecule has 164 valence electrons. The largest absolute Gasteiger partial charge is 0.465 e. The van der Waals surface area contributed by atoms with Crippen LogP contribution in [0.5, 0.6) is 0 Å². The molecule has 0 aliphatic heterocycles. The van der Waals surface area contributed by atoms with Crippen LogP contribution in [-0.2, 0) is 5.54 Å². The van der Waals surface area contributed by atoms with E-state index < -0.39 is 23.0 Å². The molecule has 3 aromatic rings. The number of aromatic nitrogens is 3. The fourth-order valence-corrected chi connectivity index (χ4v) is 4.88. The zero-order valence-electron chi connectivity index (χ0n) is 17.8. The number of hydrogen-bond donors (Lipinski definition) is 2. The summed E-state index contributed by atoms with van der Waals surface area (Å²) in [5.41, 5.74) is 5.00. The quantitative estimate of drug-likeness (QED) is 0.382. The van der Waals surface area contributed by atoms with Crippen LogP contribution in [0.25, 0.3) is 21.8 Å². The highest BCUT2D eigenvalue weighted by molar-refractivity contribution is 7.15. The molecule has 0 radical (unpaired) electrons. The number of benzene rings is 1. The Bertz CT molecular complexity index is 1140. The molecule has 1 aromatic carbocycles. The molecule has 2 aromatic heterocycles. The lowest BCUT2D eigenvalue weighted by atomic mass is 9.95. The van der Waals surface area contributed by atoms with E-state index in [1.807, 2.05) is 0 Å². The summed E-state index contributed by atoms with van der Waals surface area (Å²) in [7, 11) is 0. The van der Waals surface area contributed by atoms with Crippen molar-refractivity contribution >= 4 is 34.7 Å². The fourth-order valence-electron chi connectivity index (χ4n) is 3.59. The summed E-state index contributed by atoms with van der Waals surface area (Å²) >= 11 is 7.21. The monoisotopic (exact) mass is 463 g/mol. The first-order valence-corrected chi connectivity index (χ1v) is 10.6. The molecule has 7 nitrogen and oxygen atoms in total. The van der Waals surface area contributed by atoms with Crippen LogP contribution in [0, 0.1) is 5.82 Å². The number of hydrogen-bond acceptors (Lipinski definition) is 6. The summed E-state index contributed by atoms with van der Waals surface area (Å²) in [6, 6.07) is 6.31. The second-order valence-electron chi connectivity index (χ2n) is 8.46. The lowest BCUT2D eigenvalue weighted by Crippen LogP contribution is -2.54. The standard InChI is InChI=1S/C21H23ClFN5O2S/c1-20(2,3)28(19(29)30)21(4,5)17-27-15(11-7-6-8-12(24)14(11)23)16(31-17)13-9-10-25-18(22)26-13/h6-10H,24H2,1-5H3,(H,29,30). The molecule has 1 amide bonds. The average molecular weight is 464 g/mol. The summed E-state index contributed by atoms with van der Waals surface area (Å²) in [5, 5.41) is 10.4. The van der Waals surface area contributed by atoms with Crippen LogP contribution in [0.2, 0.25) is 5.28 Å². The summed E-state index contributed by atoms with van der Waals surface area (Å²) in [6.45, 7) is 8.95. The number of carbonyl (C=O) groups is 1. The van der Waals surface area contributed by atoms with Crippen molar-refractivity contribution in [2.75, 3.05) is 5.73 Å². The number of nitrogen functional groups attached to an aromatic ring is 1. The number of amides is 1. The van der Waals surface area contributed by atoms with Gasteiger partial charge in [-0.05, 0) is 64.4 Å². The van der Waals surface area contributed by atoms with E-state index in [2.05, 4.69) is 9.97 Å². The predicted molar refractivity (Wildman–Crippen MR) is 121 cm³/mol. The molecule has 0 atom stereocenters. The SMILES string of the molecule is CC(C)(C)N(C(=O)O)C(C)(C)c1nc(-c2cccc(N)c2F)c(-c2ccnc(Cl)n2)s1. The zero-order valence-corrected chi connectivity index (χ0v) is 19.3. The summed E-state index contributed by atoms with van der Waals surface area (Å²) in [6.07, 6.45) is 0.406. The van der Waals surface area contributed by atoms with Crippen molar-refractivity contribution in [1.29, 1.82) is 0 Å². The van der Waals surface area contributed by atoms with Gasteiger partial charge in [0.1, 0.15) is 5.01 Å². The molecule has 0 aliphatic carbocycles. The number of thiazole rings is 1. The van der Waals surface area contributed by atoms with Crippen molar-refractivity contribution in [2.45, 2.75) is 45.7 Å². The molecular weight excluding hydrogens is 441 g/mol.